The third-order valence-corrected chi connectivity index (χ3v) is 2.96. The van der Waals surface area contributed by atoms with Crippen molar-refractivity contribution in [2.24, 2.45) is 5.73 Å². The Hall–Kier alpha value is -0.850. The number of alkyl halides is 3. The molecule has 0 aromatic heterocycles. The van der Waals surface area contributed by atoms with E-state index in [1.807, 2.05) is 0 Å². The molecule has 0 fully saturated rings. The van der Waals surface area contributed by atoms with Gasteiger partial charge in [-0.25, -0.2) is 0 Å². The fourth-order valence-corrected chi connectivity index (χ4v) is 1.99. The quantitative estimate of drug-likeness (QED) is 0.921. The van der Waals surface area contributed by atoms with Gasteiger partial charge >= 0.3 is 6.18 Å². The van der Waals surface area contributed by atoms with Crippen molar-refractivity contribution in [3.8, 4) is 11.5 Å². The molecule has 1 aromatic carbocycles. The smallest absolute Gasteiger partial charge is 0.389 e. The minimum Gasteiger partial charge on any atom is -0.454 e. The molecule has 2 N–H and O–H groups in total. The molecule has 1 aliphatic heterocycles. The van der Waals surface area contributed by atoms with Crippen LogP contribution in [0.1, 0.15) is 24.4 Å². The molecule has 3 nitrogen and oxygen atoms in total. The van der Waals surface area contributed by atoms with Crippen molar-refractivity contribution in [2.75, 3.05) is 6.79 Å². The van der Waals surface area contributed by atoms with Gasteiger partial charge in [0.2, 0.25) is 6.79 Å². The molecule has 0 bridgehead atoms. The summed E-state index contributed by atoms with van der Waals surface area (Å²) in [6.07, 6.45) is -5.39. The van der Waals surface area contributed by atoms with Crippen LogP contribution in [0.3, 0.4) is 0 Å². The maximum atomic E-state index is 12.1. The van der Waals surface area contributed by atoms with Gasteiger partial charge in [0.05, 0.1) is 0 Å². The summed E-state index contributed by atoms with van der Waals surface area (Å²) in [6, 6.07) is 2.26. The molecule has 1 heterocycles. The lowest BCUT2D eigenvalue weighted by molar-refractivity contribution is -0.136. The number of halogens is 5. The lowest BCUT2D eigenvalue weighted by atomic mass is 10.0. The zero-order valence-electron chi connectivity index (χ0n) is 9.67. The van der Waals surface area contributed by atoms with Crippen LogP contribution in [0.4, 0.5) is 13.2 Å². The predicted octanol–water partition coefficient (Wildman–Crippen LogP) is 3.83. The van der Waals surface area contributed by atoms with Crippen LogP contribution in [0.2, 0.25) is 5.02 Å². The standard InChI is InChI=1S/C11H11ClF3NO2.ClH/c12-7-4-10-9(17-5-18-10)3-6(7)8(16)1-2-11(13,14)15;/h3-4,8H,1-2,5,16H2;1H/t8-;/m0./s1. The van der Waals surface area contributed by atoms with Crippen LogP contribution < -0.4 is 15.2 Å². The largest absolute Gasteiger partial charge is 0.454 e. The van der Waals surface area contributed by atoms with E-state index >= 15 is 0 Å². The van der Waals surface area contributed by atoms with Crippen LogP contribution in [0.5, 0.6) is 11.5 Å². The first kappa shape index (κ1) is 16.2. The van der Waals surface area contributed by atoms with Crippen molar-refractivity contribution in [1.29, 1.82) is 0 Å². The number of ether oxygens (including phenoxy) is 2. The van der Waals surface area contributed by atoms with Crippen LogP contribution in [-0.4, -0.2) is 13.0 Å². The van der Waals surface area contributed by atoms with Gasteiger partial charge in [0, 0.05) is 23.6 Å². The normalized spacial score (nSPS) is 15.0. The van der Waals surface area contributed by atoms with Gasteiger partial charge in [0.15, 0.2) is 11.5 Å². The van der Waals surface area contributed by atoms with Crippen LogP contribution in [0.25, 0.3) is 0 Å². The molecule has 1 atom stereocenters. The highest BCUT2D eigenvalue weighted by Crippen LogP contribution is 2.39. The predicted molar refractivity (Wildman–Crippen MR) is 67.0 cm³/mol. The van der Waals surface area contributed by atoms with Gasteiger partial charge in [0.1, 0.15) is 0 Å². The van der Waals surface area contributed by atoms with Gasteiger partial charge in [-0.15, -0.1) is 12.4 Å². The molecule has 8 heteroatoms. The molecule has 0 spiro atoms. The third-order valence-electron chi connectivity index (χ3n) is 2.63. The van der Waals surface area contributed by atoms with Crippen molar-refractivity contribution < 1.29 is 22.6 Å². The minimum absolute atomic E-state index is 0. The molecule has 19 heavy (non-hydrogen) atoms. The van der Waals surface area contributed by atoms with Gasteiger partial charge < -0.3 is 15.2 Å². The molecule has 0 saturated carbocycles. The van der Waals surface area contributed by atoms with E-state index in [4.69, 9.17) is 26.8 Å². The summed E-state index contributed by atoms with van der Waals surface area (Å²) in [5, 5.41) is 0.286. The molecule has 1 aromatic rings. The van der Waals surface area contributed by atoms with Crippen molar-refractivity contribution in [3.05, 3.63) is 22.7 Å². The second-order valence-corrected chi connectivity index (χ2v) is 4.39. The molecule has 0 radical (unpaired) electrons. The van der Waals surface area contributed by atoms with Crippen LogP contribution in [0, 0.1) is 0 Å². The van der Waals surface area contributed by atoms with E-state index in [1.165, 1.54) is 12.1 Å². The number of rotatable bonds is 3. The Labute approximate surface area is 119 Å². The first-order chi connectivity index (χ1) is 8.37. The minimum atomic E-state index is -4.22. The lowest BCUT2D eigenvalue weighted by Gasteiger charge is -2.15. The van der Waals surface area contributed by atoms with E-state index < -0.39 is 18.6 Å². The van der Waals surface area contributed by atoms with Crippen molar-refractivity contribution in [3.63, 3.8) is 0 Å². The van der Waals surface area contributed by atoms with E-state index in [0.29, 0.717) is 17.1 Å². The first-order valence-electron chi connectivity index (χ1n) is 5.28. The summed E-state index contributed by atoms with van der Waals surface area (Å²) in [5.74, 6) is 0.934. The van der Waals surface area contributed by atoms with E-state index in [-0.39, 0.29) is 30.6 Å². The van der Waals surface area contributed by atoms with E-state index in [9.17, 15) is 13.2 Å². The Morgan fingerprint density at radius 3 is 2.42 bits per heavy atom. The average molecular weight is 318 g/mol. The molecular weight excluding hydrogens is 306 g/mol. The van der Waals surface area contributed by atoms with Crippen LogP contribution in [-0.2, 0) is 0 Å². The molecule has 108 valence electrons. The first-order valence-corrected chi connectivity index (χ1v) is 5.66. The number of benzene rings is 1. The summed E-state index contributed by atoms with van der Waals surface area (Å²) in [7, 11) is 0. The zero-order chi connectivity index (χ0) is 13.3. The average Bonchev–Trinajstić information content (AvgIpc) is 2.70. The fourth-order valence-electron chi connectivity index (χ4n) is 1.69. The fraction of sp³-hybridized carbons (Fsp3) is 0.455. The topological polar surface area (TPSA) is 44.5 Å². The van der Waals surface area contributed by atoms with E-state index in [1.54, 1.807) is 0 Å². The molecule has 0 amide bonds. The molecule has 0 saturated heterocycles. The lowest BCUT2D eigenvalue weighted by Crippen LogP contribution is -2.16. The number of nitrogens with two attached hydrogens (primary N) is 1. The molecule has 1 aliphatic rings. The highest BCUT2D eigenvalue weighted by molar-refractivity contribution is 6.31. The number of hydrogen-bond acceptors (Lipinski definition) is 3. The van der Waals surface area contributed by atoms with E-state index in [2.05, 4.69) is 0 Å². The van der Waals surface area contributed by atoms with Gasteiger partial charge in [-0.3, -0.25) is 0 Å². The van der Waals surface area contributed by atoms with Gasteiger partial charge in [-0.2, -0.15) is 13.2 Å². The van der Waals surface area contributed by atoms with Crippen molar-refractivity contribution in [2.45, 2.75) is 25.1 Å². The second kappa shape index (κ2) is 6.07. The summed E-state index contributed by atoms with van der Waals surface area (Å²) >= 11 is 5.96. The number of hydrogen-bond donors (Lipinski definition) is 1. The molecule has 0 unspecified atom stereocenters. The molecular formula is C11H12Cl2F3NO2. The van der Waals surface area contributed by atoms with Gasteiger partial charge in [-0.1, -0.05) is 11.6 Å². The Morgan fingerprint density at radius 1 is 1.26 bits per heavy atom. The summed E-state index contributed by atoms with van der Waals surface area (Å²) in [4.78, 5) is 0. The van der Waals surface area contributed by atoms with E-state index in [0.717, 1.165) is 0 Å². The SMILES string of the molecule is Cl.N[C@@H](CCC(F)(F)F)c1cc2c(cc1Cl)OCO2. The Balaban J connectivity index is 0.00000180. The Morgan fingerprint density at radius 2 is 1.84 bits per heavy atom. The molecule has 0 aliphatic carbocycles. The highest BCUT2D eigenvalue weighted by Gasteiger charge is 2.29. The zero-order valence-corrected chi connectivity index (χ0v) is 11.2. The third kappa shape index (κ3) is 4.06. The maximum Gasteiger partial charge on any atom is 0.389 e. The van der Waals surface area contributed by atoms with Crippen molar-refractivity contribution >= 4 is 24.0 Å². The Kier molecular flexibility index (Phi) is 5.18. The second-order valence-electron chi connectivity index (χ2n) is 3.99. The van der Waals surface area contributed by atoms with Crippen LogP contribution in [0.15, 0.2) is 12.1 Å². The van der Waals surface area contributed by atoms with Crippen LogP contribution >= 0.6 is 24.0 Å². The highest BCUT2D eigenvalue weighted by atomic mass is 35.5. The Bertz CT molecular complexity index is 454. The summed E-state index contributed by atoms with van der Waals surface area (Å²) in [5.41, 5.74) is 6.15. The molecule has 2 rings (SSSR count). The van der Waals surface area contributed by atoms with Crippen molar-refractivity contribution in [1.82, 2.24) is 0 Å². The summed E-state index contributed by atoms with van der Waals surface area (Å²) < 4.78 is 46.6. The number of fused-ring (bicyclic) bond motifs is 1. The summed E-state index contributed by atoms with van der Waals surface area (Å²) in [6.45, 7) is 0.0763. The van der Waals surface area contributed by atoms with Gasteiger partial charge in [-0.05, 0) is 18.1 Å². The monoisotopic (exact) mass is 317 g/mol. The maximum absolute atomic E-state index is 12.1. The van der Waals surface area contributed by atoms with Gasteiger partial charge in [0.25, 0.3) is 0 Å².